The number of carbonyl (C=O) groups is 1. The molecule has 0 fully saturated rings. The Labute approximate surface area is 155 Å². The van der Waals surface area contributed by atoms with Crippen LogP contribution in [0.1, 0.15) is 16.7 Å². The second kappa shape index (κ2) is 7.69. The van der Waals surface area contributed by atoms with E-state index < -0.39 is 40.2 Å². The van der Waals surface area contributed by atoms with Gasteiger partial charge < -0.3 is 5.11 Å². The summed E-state index contributed by atoms with van der Waals surface area (Å²) < 4.78 is 64.6. The standard InChI is InChI=1S/C18H18F3NO4S/c1-12-6-8-15(9-7-12)27(25,26)22(2)16(17(23)24)11-13-4-3-5-14(10-13)18(19,20)21/h3-10,16H,11H2,1-2H3,(H,23,24). The molecule has 1 N–H and O–H groups in total. The first-order valence-electron chi connectivity index (χ1n) is 7.86. The lowest BCUT2D eigenvalue weighted by Gasteiger charge is -2.24. The van der Waals surface area contributed by atoms with Crippen molar-refractivity contribution in [3.05, 3.63) is 65.2 Å². The zero-order chi connectivity index (χ0) is 20.4. The van der Waals surface area contributed by atoms with Crippen molar-refractivity contribution in [2.24, 2.45) is 0 Å². The monoisotopic (exact) mass is 401 g/mol. The third-order valence-corrected chi connectivity index (χ3v) is 5.99. The van der Waals surface area contributed by atoms with Gasteiger partial charge >= 0.3 is 12.1 Å². The molecule has 146 valence electrons. The van der Waals surface area contributed by atoms with Gasteiger partial charge in [-0.2, -0.15) is 17.5 Å². The van der Waals surface area contributed by atoms with Gasteiger partial charge in [-0.05, 0) is 37.1 Å². The summed E-state index contributed by atoms with van der Waals surface area (Å²) in [5.74, 6) is -1.45. The molecule has 2 aromatic carbocycles. The molecule has 0 saturated carbocycles. The molecule has 0 radical (unpaired) electrons. The number of nitrogens with zero attached hydrogens (tertiary/aromatic N) is 1. The van der Waals surface area contributed by atoms with E-state index in [9.17, 15) is 31.5 Å². The molecule has 0 aliphatic rings. The first-order chi connectivity index (χ1) is 12.4. The van der Waals surface area contributed by atoms with Crippen LogP contribution in [0.15, 0.2) is 53.4 Å². The fourth-order valence-corrected chi connectivity index (χ4v) is 3.83. The van der Waals surface area contributed by atoms with Crippen LogP contribution in [-0.2, 0) is 27.4 Å². The van der Waals surface area contributed by atoms with E-state index in [0.717, 1.165) is 30.8 Å². The summed E-state index contributed by atoms with van der Waals surface area (Å²) >= 11 is 0. The van der Waals surface area contributed by atoms with Crippen molar-refractivity contribution in [2.45, 2.75) is 30.5 Å². The Kier molecular flexibility index (Phi) is 5.96. The second-order valence-electron chi connectivity index (χ2n) is 6.09. The molecule has 2 aromatic rings. The number of halogens is 3. The molecule has 0 aliphatic carbocycles. The smallest absolute Gasteiger partial charge is 0.416 e. The van der Waals surface area contributed by atoms with Gasteiger partial charge in [-0.1, -0.05) is 35.9 Å². The van der Waals surface area contributed by atoms with Crippen molar-refractivity contribution < 1.29 is 31.5 Å². The molecule has 0 amide bonds. The van der Waals surface area contributed by atoms with Crippen molar-refractivity contribution in [1.29, 1.82) is 0 Å². The van der Waals surface area contributed by atoms with Gasteiger partial charge in [0.2, 0.25) is 10.0 Å². The van der Waals surface area contributed by atoms with Crippen LogP contribution in [0.4, 0.5) is 13.2 Å². The fourth-order valence-electron chi connectivity index (χ4n) is 2.51. The van der Waals surface area contributed by atoms with Gasteiger partial charge in [-0.15, -0.1) is 0 Å². The maximum absolute atomic E-state index is 12.8. The van der Waals surface area contributed by atoms with E-state index in [1.165, 1.54) is 18.2 Å². The van der Waals surface area contributed by atoms with Crippen LogP contribution in [0.25, 0.3) is 0 Å². The fraction of sp³-hybridized carbons (Fsp3) is 0.278. The van der Waals surface area contributed by atoms with Gasteiger partial charge in [-0.25, -0.2) is 8.42 Å². The molecule has 0 saturated heterocycles. The molecule has 0 aromatic heterocycles. The quantitative estimate of drug-likeness (QED) is 0.806. The van der Waals surface area contributed by atoms with Crippen LogP contribution in [0.2, 0.25) is 0 Å². The summed E-state index contributed by atoms with van der Waals surface area (Å²) in [5, 5.41) is 9.46. The van der Waals surface area contributed by atoms with Crippen LogP contribution in [0.5, 0.6) is 0 Å². The lowest BCUT2D eigenvalue weighted by atomic mass is 10.0. The van der Waals surface area contributed by atoms with Gasteiger partial charge in [0.05, 0.1) is 10.5 Å². The van der Waals surface area contributed by atoms with Crippen LogP contribution in [0, 0.1) is 6.92 Å². The average Bonchev–Trinajstić information content (AvgIpc) is 2.58. The Morgan fingerprint density at radius 3 is 2.26 bits per heavy atom. The van der Waals surface area contributed by atoms with Gasteiger partial charge in [-0.3, -0.25) is 4.79 Å². The topological polar surface area (TPSA) is 74.7 Å². The normalized spacial score (nSPS) is 13.6. The van der Waals surface area contributed by atoms with Crippen molar-refractivity contribution in [2.75, 3.05) is 7.05 Å². The molecule has 5 nitrogen and oxygen atoms in total. The molecule has 0 aliphatic heterocycles. The number of carboxylic acids is 1. The number of likely N-dealkylation sites (N-methyl/N-ethyl adjacent to an activating group) is 1. The molecular weight excluding hydrogens is 383 g/mol. The molecule has 0 heterocycles. The highest BCUT2D eigenvalue weighted by atomic mass is 32.2. The van der Waals surface area contributed by atoms with E-state index in [1.54, 1.807) is 19.1 Å². The van der Waals surface area contributed by atoms with Crippen LogP contribution in [-0.4, -0.2) is 36.9 Å². The maximum atomic E-state index is 12.8. The highest BCUT2D eigenvalue weighted by Gasteiger charge is 2.34. The molecule has 2 rings (SSSR count). The minimum atomic E-state index is -4.57. The predicted molar refractivity (Wildman–Crippen MR) is 92.7 cm³/mol. The number of aliphatic carboxylic acids is 1. The Hall–Kier alpha value is -2.39. The molecule has 0 spiro atoms. The zero-order valence-electron chi connectivity index (χ0n) is 14.6. The lowest BCUT2D eigenvalue weighted by molar-refractivity contribution is -0.141. The Morgan fingerprint density at radius 2 is 1.74 bits per heavy atom. The van der Waals surface area contributed by atoms with Gasteiger partial charge in [0, 0.05) is 7.05 Å². The number of hydrogen-bond donors (Lipinski definition) is 1. The summed E-state index contributed by atoms with van der Waals surface area (Å²) in [6.45, 7) is 1.77. The molecule has 0 bridgehead atoms. The average molecular weight is 401 g/mol. The summed E-state index contributed by atoms with van der Waals surface area (Å²) in [4.78, 5) is 11.5. The molecule has 27 heavy (non-hydrogen) atoms. The maximum Gasteiger partial charge on any atom is 0.416 e. The minimum absolute atomic E-state index is 0.0724. The lowest BCUT2D eigenvalue weighted by Crippen LogP contribution is -2.43. The van der Waals surface area contributed by atoms with Crippen molar-refractivity contribution >= 4 is 16.0 Å². The predicted octanol–water partition coefficient (Wildman–Crippen LogP) is 3.33. The first kappa shape index (κ1) is 20.9. The number of aryl methyl sites for hydroxylation is 1. The van der Waals surface area contributed by atoms with Crippen molar-refractivity contribution in [3.63, 3.8) is 0 Å². The number of carboxylic acid groups (broad SMARTS) is 1. The van der Waals surface area contributed by atoms with E-state index in [-0.39, 0.29) is 10.5 Å². The van der Waals surface area contributed by atoms with Crippen molar-refractivity contribution in [3.8, 4) is 0 Å². The number of benzene rings is 2. The van der Waals surface area contributed by atoms with Gasteiger partial charge in [0.1, 0.15) is 6.04 Å². The Balaban J connectivity index is 2.35. The highest BCUT2D eigenvalue weighted by molar-refractivity contribution is 7.89. The number of alkyl halides is 3. The number of hydrogen-bond acceptors (Lipinski definition) is 3. The summed E-state index contributed by atoms with van der Waals surface area (Å²) in [6, 6.07) is 8.47. The van der Waals surface area contributed by atoms with E-state index in [2.05, 4.69) is 0 Å². The zero-order valence-corrected chi connectivity index (χ0v) is 15.4. The van der Waals surface area contributed by atoms with E-state index >= 15 is 0 Å². The second-order valence-corrected chi connectivity index (χ2v) is 8.09. The van der Waals surface area contributed by atoms with Crippen LogP contribution >= 0.6 is 0 Å². The van der Waals surface area contributed by atoms with Crippen molar-refractivity contribution in [1.82, 2.24) is 4.31 Å². The summed E-state index contributed by atoms with van der Waals surface area (Å²) in [6.07, 6.45) is -4.98. The highest BCUT2D eigenvalue weighted by Crippen LogP contribution is 2.30. The van der Waals surface area contributed by atoms with Crippen LogP contribution < -0.4 is 0 Å². The van der Waals surface area contributed by atoms with Crippen LogP contribution in [0.3, 0.4) is 0 Å². The van der Waals surface area contributed by atoms with E-state index in [1.807, 2.05) is 0 Å². The minimum Gasteiger partial charge on any atom is -0.480 e. The number of sulfonamides is 1. The molecule has 1 atom stereocenters. The Bertz CT molecular complexity index is 924. The van der Waals surface area contributed by atoms with E-state index in [0.29, 0.717) is 4.31 Å². The summed E-state index contributed by atoms with van der Waals surface area (Å²) in [5.41, 5.74) is -0.0216. The molecule has 1 unspecified atom stereocenters. The summed E-state index contributed by atoms with van der Waals surface area (Å²) in [7, 11) is -3.03. The third kappa shape index (κ3) is 4.86. The number of rotatable bonds is 6. The van der Waals surface area contributed by atoms with E-state index in [4.69, 9.17) is 0 Å². The third-order valence-electron chi connectivity index (χ3n) is 4.11. The molecular formula is C18H18F3NO4S. The van der Waals surface area contributed by atoms with Gasteiger partial charge in [0.15, 0.2) is 0 Å². The largest absolute Gasteiger partial charge is 0.480 e. The van der Waals surface area contributed by atoms with Gasteiger partial charge in [0.25, 0.3) is 0 Å². The molecule has 9 heteroatoms. The Morgan fingerprint density at radius 1 is 1.15 bits per heavy atom. The first-order valence-corrected chi connectivity index (χ1v) is 9.30. The SMILES string of the molecule is Cc1ccc(S(=O)(=O)N(C)C(Cc2cccc(C(F)(F)F)c2)C(=O)O)cc1.